The summed E-state index contributed by atoms with van der Waals surface area (Å²) in [5.74, 6) is -6.22. The fraction of sp³-hybridized carbons (Fsp3) is 0.214. The minimum Gasteiger partial charge on any atom is -0.508 e. The number of hydrogen-bond donors (Lipinski definition) is 3. The number of halogens is 3. The Balaban J connectivity index is 1.99. The first-order valence-corrected chi connectivity index (χ1v) is 11.8. The van der Waals surface area contributed by atoms with E-state index < -0.39 is 64.9 Å². The van der Waals surface area contributed by atoms with E-state index in [4.69, 9.17) is 4.74 Å². The Morgan fingerprint density at radius 2 is 1.82 bits per heavy atom. The number of amides is 2. The first-order valence-electron chi connectivity index (χ1n) is 11.8. The maximum absolute atomic E-state index is 14.1. The number of nitrogens with zero attached hydrogens (tertiary/aromatic N) is 2. The summed E-state index contributed by atoms with van der Waals surface area (Å²) in [5.41, 5.74) is -0.619. The van der Waals surface area contributed by atoms with Crippen LogP contribution in [0.2, 0.25) is 0 Å². The molecule has 39 heavy (non-hydrogen) atoms. The molecule has 2 aromatic rings. The van der Waals surface area contributed by atoms with Crippen LogP contribution in [0.1, 0.15) is 18.1 Å². The van der Waals surface area contributed by atoms with Gasteiger partial charge in [-0.1, -0.05) is 42.5 Å². The third-order valence-corrected chi connectivity index (χ3v) is 5.54. The van der Waals surface area contributed by atoms with E-state index in [1.54, 1.807) is 37.3 Å². The number of dihydropyridines is 1. The summed E-state index contributed by atoms with van der Waals surface area (Å²) in [4.78, 5) is 34.6. The fourth-order valence-corrected chi connectivity index (χ4v) is 3.51. The standard InChI is InChI=1S/C28H27F3N4O4/c1-4-11-32-26-22(27(37)33-14-19-20(30)12-18(29)13-21(19)31)24(36)25(39-15-17-9-7-6-8-10-17)23(35-26)28(38)34-16(3)5-2/h4-10,12-13,16,25,36H,1-2,11,14-15H2,3H3,(H,33,37)(H,34,38). The SMILES string of the molecule is C=CCN=C1N=C(C(=O)NC(C)C=C)C(OCc2ccccc2)C(O)=C1C(=O)NCc1c(F)cc(F)cc1F. The highest BCUT2D eigenvalue weighted by Crippen LogP contribution is 2.23. The summed E-state index contributed by atoms with van der Waals surface area (Å²) >= 11 is 0. The Bertz CT molecular complexity index is 1330. The molecule has 3 rings (SSSR count). The summed E-state index contributed by atoms with van der Waals surface area (Å²) in [6.45, 7) is 8.08. The van der Waals surface area contributed by atoms with Crippen molar-refractivity contribution in [3.8, 4) is 0 Å². The molecule has 0 aromatic heterocycles. The molecule has 0 saturated carbocycles. The second-order valence-corrected chi connectivity index (χ2v) is 8.42. The fourth-order valence-electron chi connectivity index (χ4n) is 3.51. The van der Waals surface area contributed by atoms with Crippen molar-refractivity contribution < 1.29 is 32.6 Å². The molecule has 0 radical (unpaired) electrons. The highest BCUT2D eigenvalue weighted by molar-refractivity contribution is 6.45. The molecule has 0 fully saturated rings. The molecule has 2 unspecified atom stereocenters. The van der Waals surface area contributed by atoms with E-state index in [0.717, 1.165) is 0 Å². The average Bonchev–Trinajstić information content (AvgIpc) is 2.90. The van der Waals surface area contributed by atoms with Crippen molar-refractivity contribution in [2.45, 2.75) is 32.2 Å². The average molecular weight is 541 g/mol. The molecule has 0 saturated heterocycles. The molecule has 2 aromatic carbocycles. The number of ether oxygens (including phenoxy) is 1. The van der Waals surface area contributed by atoms with E-state index in [1.165, 1.54) is 12.2 Å². The number of aliphatic imine (C=N–C) groups is 2. The predicted octanol–water partition coefficient (Wildman–Crippen LogP) is 3.85. The van der Waals surface area contributed by atoms with Gasteiger partial charge in [0.25, 0.3) is 11.8 Å². The van der Waals surface area contributed by atoms with Gasteiger partial charge in [0.2, 0.25) is 0 Å². The van der Waals surface area contributed by atoms with Gasteiger partial charge in [-0.25, -0.2) is 18.2 Å². The molecule has 8 nitrogen and oxygen atoms in total. The predicted molar refractivity (Wildman–Crippen MR) is 141 cm³/mol. The molecule has 0 aliphatic carbocycles. The third-order valence-electron chi connectivity index (χ3n) is 5.54. The molecule has 2 amide bonds. The summed E-state index contributed by atoms with van der Waals surface area (Å²) in [5, 5.41) is 16.1. The van der Waals surface area contributed by atoms with Gasteiger partial charge in [-0.3, -0.25) is 14.6 Å². The zero-order chi connectivity index (χ0) is 28.5. The molecule has 2 atom stereocenters. The lowest BCUT2D eigenvalue weighted by atomic mass is 10.0. The van der Waals surface area contributed by atoms with Gasteiger partial charge in [0, 0.05) is 30.3 Å². The van der Waals surface area contributed by atoms with Gasteiger partial charge in [0.15, 0.2) is 11.9 Å². The van der Waals surface area contributed by atoms with Crippen molar-refractivity contribution in [1.82, 2.24) is 10.6 Å². The number of aliphatic hydroxyl groups is 1. The van der Waals surface area contributed by atoms with Crippen molar-refractivity contribution >= 4 is 23.4 Å². The van der Waals surface area contributed by atoms with Gasteiger partial charge in [-0.15, -0.1) is 13.2 Å². The van der Waals surface area contributed by atoms with E-state index in [9.17, 15) is 27.9 Å². The third kappa shape index (κ3) is 7.29. The van der Waals surface area contributed by atoms with Crippen LogP contribution >= 0.6 is 0 Å². The van der Waals surface area contributed by atoms with Crippen molar-refractivity contribution in [1.29, 1.82) is 0 Å². The molecule has 0 spiro atoms. The maximum atomic E-state index is 14.1. The normalized spacial score (nSPS) is 16.9. The van der Waals surface area contributed by atoms with Crippen LogP contribution in [-0.2, 0) is 27.5 Å². The highest BCUT2D eigenvalue weighted by Gasteiger charge is 2.38. The first-order chi connectivity index (χ1) is 18.7. The first kappa shape index (κ1) is 29.1. The van der Waals surface area contributed by atoms with Crippen LogP contribution in [0, 0.1) is 17.5 Å². The lowest BCUT2D eigenvalue weighted by Gasteiger charge is -2.26. The largest absolute Gasteiger partial charge is 0.508 e. The topological polar surface area (TPSA) is 112 Å². The Kier molecular flexibility index (Phi) is 9.93. The molecule has 11 heteroatoms. The monoisotopic (exact) mass is 540 g/mol. The van der Waals surface area contributed by atoms with E-state index in [0.29, 0.717) is 17.7 Å². The smallest absolute Gasteiger partial charge is 0.269 e. The van der Waals surface area contributed by atoms with E-state index in [2.05, 4.69) is 33.8 Å². The lowest BCUT2D eigenvalue weighted by molar-refractivity contribution is -0.118. The Morgan fingerprint density at radius 1 is 1.15 bits per heavy atom. The van der Waals surface area contributed by atoms with E-state index >= 15 is 0 Å². The zero-order valence-corrected chi connectivity index (χ0v) is 21.1. The maximum Gasteiger partial charge on any atom is 0.269 e. The van der Waals surface area contributed by atoms with Crippen LogP contribution < -0.4 is 10.6 Å². The van der Waals surface area contributed by atoms with Crippen LogP contribution in [0.4, 0.5) is 13.2 Å². The summed E-state index contributed by atoms with van der Waals surface area (Å²) in [6.07, 6.45) is 1.40. The quantitative estimate of drug-likeness (QED) is 0.376. The van der Waals surface area contributed by atoms with Crippen molar-refractivity contribution in [2.75, 3.05) is 6.54 Å². The Hall–Kier alpha value is -4.51. The highest BCUT2D eigenvalue weighted by atomic mass is 19.1. The van der Waals surface area contributed by atoms with Gasteiger partial charge >= 0.3 is 0 Å². The summed E-state index contributed by atoms with van der Waals surface area (Å²) in [7, 11) is 0. The molecule has 0 bridgehead atoms. The van der Waals surface area contributed by atoms with Crippen LogP contribution in [0.5, 0.6) is 0 Å². The van der Waals surface area contributed by atoms with Gasteiger partial charge in [-0.05, 0) is 12.5 Å². The lowest BCUT2D eigenvalue weighted by Crippen LogP contribution is -2.47. The summed E-state index contributed by atoms with van der Waals surface area (Å²) in [6, 6.07) is 9.37. The number of benzene rings is 2. The molecular formula is C28H27F3N4O4. The molecule has 1 heterocycles. The van der Waals surface area contributed by atoms with E-state index in [1.807, 2.05) is 0 Å². The van der Waals surface area contributed by atoms with Crippen LogP contribution in [0.15, 0.2) is 89.1 Å². The number of rotatable bonds is 11. The number of amidine groups is 1. The number of hydrogen-bond acceptors (Lipinski definition) is 5. The van der Waals surface area contributed by atoms with Gasteiger partial charge < -0.3 is 20.5 Å². The van der Waals surface area contributed by atoms with Gasteiger partial charge in [0.05, 0.1) is 13.2 Å². The Labute approximate surface area is 223 Å². The second-order valence-electron chi connectivity index (χ2n) is 8.42. The molecule has 1 aliphatic rings. The van der Waals surface area contributed by atoms with Crippen LogP contribution in [-0.4, -0.2) is 47.2 Å². The number of nitrogens with one attached hydrogen (secondary N) is 2. The van der Waals surface area contributed by atoms with Crippen molar-refractivity contribution in [3.05, 3.63) is 108 Å². The van der Waals surface area contributed by atoms with Crippen LogP contribution in [0.25, 0.3) is 0 Å². The van der Waals surface area contributed by atoms with Crippen molar-refractivity contribution in [2.24, 2.45) is 9.98 Å². The second kappa shape index (κ2) is 13.3. The molecular weight excluding hydrogens is 513 g/mol. The molecule has 204 valence electrons. The number of carbonyl (C=O) groups is 2. The van der Waals surface area contributed by atoms with Gasteiger partial charge in [0.1, 0.15) is 34.5 Å². The van der Waals surface area contributed by atoms with Gasteiger partial charge in [-0.2, -0.15) is 0 Å². The summed E-state index contributed by atoms with van der Waals surface area (Å²) < 4.78 is 47.3. The van der Waals surface area contributed by atoms with E-state index in [-0.39, 0.29) is 24.7 Å². The molecule has 3 N–H and O–H groups in total. The van der Waals surface area contributed by atoms with Crippen molar-refractivity contribution in [3.63, 3.8) is 0 Å². The minimum atomic E-state index is -1.48. The Morgan fingerprint density at radius 3 is 2.44 bits per heavy atom. The zero-order valence-electron chi connectivity index (χ0n) is 21.1. The molecule has 1 aliphatic heterocycles. The van der Waals surface area contributed by atoms with Crippen LogP contribution in [0.3, 0.4) is 0 Å². The number of carbonyl (C=O) groups excluding carboxylic acids is 2. The number of aliphatic hydroxyl groups excluding tert-OH is 1. The minimum absolute atomic E-state index is 0.0301.